The Hall–Kier alpha value is -2.67. The van der Waals surface area contributed by atoms with Gasteiger partial charge in [-0.25, -0.2) is 0 Å². The Bertz CT molecular complexity index is 624. The third-order valence-electron chi connectivity index (χ3n) is 2.77. The molecule has 2 aromatic rings. The van der Waals surface area contributed by atoms with Crippen LogP contribution in [0, 0.1) is 0 Å². The number of nitrogens with zero attached hydrogens (tertiary/aromatic N) is 2. The number of hydrogen-bond donors (Lipinski definition) is 2. The minimum Gasteiger partial charge on any atom is -0.480 e. The molecule has 1 unspecified atom stereocenters. The average Bonchev–Trinajstić information content (AvgIpc) is 2.87. The Morgan fingerprint density at radius 1 is 1.38 bits per heavy atom. The highest BCUT2D eigenvalue weighted by molar-refractivity contribution is 5.94. The molecule has 7 nitrogen and oxygen atoms in total. The van der Waals surface area contributed by atoms with Gasteiger partial charge in [0.2, 0.25) is 0 Å². The number of aromatic nitrogens is 2. The zero-order valence-corrected chi connectivity index (χ0v) is 11.4. The zero-order valence-electron chi connectivity index (χ0n) is 11.4. The highest BCUT2D eigenvalue weighted by Crippen LogP contribution is 2.18. The summed E-state index contributed by atoms with van der Waals surface area (Å²) in [7, 11) is 1.45. The summed E-state index contributed by atoms with van der Waals surface area (Å²) in [5.41, 5.74) is 1.15. The molecule has 0 aliphatic carbocycles. The molecule has 2 N–H and O–H groups in total. The minimum atomic E-state index is -1.00. The van der Waals surface area contributed by atoms with E-state index < -0.39 is 12.1 Å². The Kier molecular flexibility index (Phi) is 4.68. The quantitative estimate of drug-likeness (QED) is 0.836. The van der Waals surface area contributed by atoms with E-state index in [2.05, 4.69) is 10.4 Å². The molecule has 0 spiro atoms. The lowest BCUT2D eigenvalue weighted by molar-refractivity contribution is -0.137. The van der Waals surface area contributed by atoms with Crippen molar-refractivity contribution in [2.24, 2.45) is 0 Å². The van der Waals surface area contributed by atoms with E-state index in [9.17, 15) is 9.59 Å². The molecule has 1 aromatic heterocycles. The second-order valence-corrected chi connectivity index (χ2v) is 4.34. The fraction of sp³-hybridized carbons (Fsp3) is 0.214. The number of carbonyl (C=O) groups excluding carboxylic acids is 1. The van der Waals surface area contributed by atoms with Gasteiger partial charge in [0.15, 0.2) is 6.10 Å². The van der Waals surface area contributed by atoms with E-state index in [4.69, 9.17) is 9.84 Å². The molecule has 21 heavy (non-hydrogen) atoms. The molecule has 0 radical (unpaired) electrons. The summed E-state index contributed by atoms with van der Waals surface area (Å²) in [6.07, 6.45) is 2.09. The first-order chi connectivity index (χ1) is 10.1. The van der Waals surface area contributed by atoms with E-state index in [0.717, 1.165) is 5.56 Å². The van der Waals surface area contributed by atoms with Crippen LogP contribution in [0.1, 0.15) is 11.7 Å². The third kappa shape index (κ3) is 3.90. The summed E-state index contributed by atoms with van der Waals surface area (Å²) in [6.45, 7) is -0.262. The molecule has 0 aliphatic heterocycles. The molecule has 7 heteroatoms. The van der Waals surface area contributed by atoms with Crippen molar-refractivity contribution >= 4 is 17.6 Å². The summed E-state index contributed by atoms with van der Waals surface area (Å²) in [6, 6.07) is 9.08. The lowest BCUT2D eigenvalue weighted by Gasteiger charge is -2.14. The Morgan fingerprint density at radius 2 is 2.10 bits per heavy atom. The van der Waals surface area contributed by atoms with Crippen molar-refractivity contribution in [3.8, 4) is 0 Å². The van der Waals surface area contributed by atoms with Gasteiger partial charge in [-0.1, -0.05) is 30.3 Å². The van der Waals surface area contributed by atoms with Gasteiger partial charge in [-0.15, -0.1) is 0 Å². The molecule has 1 heterocycles. The van der Waals surface area contributed by atoms with Gasteiger partial charge in [-0.2, -0.15) is 5.10 Å². The predicted molar refractivity (Wildman–Crippen MR) is 74.7 cm³/mol. The lowest BCUT2D eigenvalue weighted by atomic mass is 10.1. The maximum absolute atomic E-state index is 12.2. The molecule has 0 aliphatic rings. The van der Waals surface area contributed by atoms with Crippen molar-refractivity contribution in [2.75, 3.05) is 12.4 Å². The van der Waals surface area contributed by atoms with Gasteiger partial charge in [0, 0.05) is 13.3 Å². The fourth-order valence-electron chi connectivity index (χ4n) is 1.88. The van der Waals surface area contributed by atoms with Gasteiger partial charge in [0.05, 0.1) is 11.9 Å². The van der Waals surface area contributed by atoms with Gasteiger partial charge >= 0.3 is 5.97 Å². The summed E-state index contributed by atoms with van der Waals surface area (Å²) in [4.78, 5) is 22.8. The number of carboxylic acid groups (broad SMARTS) is 1. The maximum atomic E-state index is 12.2. The van der Waals surface area contributed by atoms with Crippen LogP contribution < -0.4 is 5.32 Å². The predicted octanol–water partition coefficient (Wildman–Crippen LogP) is 1.29. The topological polar surface area (TPSA) is 93.5 Å². The Labute approximate surface area is 121 Å². The SMILES string of the molecule is COC(C(=O)Nc1cnn(CC(=O)O)c1)c1ccccc1. The summed E-state index contributed by atoms with van der Waals surface area (Å²) in [5.74, 6) is -1.35. The van der Waals surface area contributed by atoms with E-state index >= 15 is 0 Å². The molecule has 1 atom stereocenters. The molecular formula is C14H15N3O4. The number of carbonyl (C=O) groups is 2. The van der Waals surface area contributed by atoms with Gasteiger partial charge in [-0.05, 0) is 5.56 Å². The van der Waals surface area contributed by atoms with Crippen molar-refractivity contribution in [3.05, 3.63) is 48.3 Å². The number of rotatable bonds is 6. The van der Waals surface area contributed by atoms with E-state index in [1.54, 1.807) is 12.1 Å². The van der Waals surface area contributed by atoms with E-state index in [1.165, 1.54) is 24.2 Å². The molecule has 0 fully saturated rings. The van der Waals surface area contributed by atoms with Crippen LogP contribution >= 0.6 is 0 Å². The van der Waals surface area contributed by atoms with Crippen LogP contribution in [0.25, 0.3) is 0 Å². The number of ether oxygens (including phenoxy) is 1. The first-order valence-electron chi connectivity index (χ1n) is 6.23. The van der Waals surface area contributed by atoms with E-state index in [1.807, 2.05) is 18.2 Å². The number of carboxylic acids is 1. The first-order valence-corrected chi connectivity index (χ1v) is 6.23. The van der Waals surface area contributed by atoms with Crippen molar-refractivity contribution < 1.29 is 19.4 Å². The highest BCUT2D eigenvalue weighted by atomic mass is 16.5. The number of benzene rings is 1. The number of anilines is 1. The van der Waals surface area contributed by atoms with Gasteiger partial charge in [-0.3, -0.25) is 14.3 Å². The van der Waals surface area contributed by atoms with Gasteiger partial charge in [0.1, 0.15) is 6.54 Å². The molecule has 0 saturated heterocycles. The summed E-state index contributed by atoms with van der Waals surface area (Å²) >= 11 is 0. The average molecular weight is 289 g/mol. The van der Waals surface area contributed by atoms with Crippen LogP contribution in [0.15, 0.2) is 42.7 Å². The van der Waals surface area contributed by atoms with E-state index in [0.29, 0.717) is 5.69 Å². The number of amides is 1. The van der Waals surface area contributed by atoms with Gasteiger partial charge < -0.3 is 15.2 Å². The summed E-state index contributed by atoms with van der Waals surface area (Å²) in [5, 5.41) is 15.2. The van der Waals surface area contributed by atoms with Crippen molar-refractivity contribution in [3.63, 3.8) is 0 Å². The number of hydrogen-bond acceptors (Lipinski definition) is 4. The highest BCUT2D eigenvalue weighted by Gasteiger charge is 2.20. The molecular weight excluding hydrogens is 274 g/mol. The first kappa shape index (κ1) is 14.7. The van der Waals surface area contributed by atoms with Crippen LogP contribution in [0.2, 0.25) is 0 Å². The van der Waals surface area contributed by atoms with Gasteiger partial charge in [0.25, 0.3) is 5.91 Å². The monoisotopic (exact) mass is 289 g/mol. The Balaban J connectivity index is 2.06. The second kappa shape index (κ2) is 6.67. The second-order valence-electron chi connectivity index (χ2n) is 4.34. The van der Waals surface area contributed by atoms with Crippen LogP contribution in [0.3, 0.4) is 0 Å². The smallest absolute Gasteiger partial charge is 0.325 e. The largest absolute Gasteiger partial charge is 0.480 e. The molecule has 2 rings (SSSR count). The standard InChI is InChI=1S/C14H15N3O4/c1-21-13(10-5-3-2-4-6-10)14(20)16-11-7-15-17(8-11)9-12(18)19/h2-8,13H,9H2,1H3,(H,16,20)(H,18,19). The Morgan fingerprint density at radius 3 is 2.71 bits per heavy atom. The maximum Gasteiger partial charge on any atom is 0.325 e. The molecule has 0 bridgehead atoms. The normalized spacial score (nSPS) is 11.9. The molecule has 0 saturated carbocycles. The number of methoxy groups -OCH3 is 1. The zero-order chi connectivity index (χ0) is 15.2. The lowest BCUT2D eigenvalue weighted by Crippen LogP contribution is -2.22. The van der Waals surface area contributed by atoms with Crippen molar-refractivity contribution in [1.82, 2.24) is 9.78 Å². The fourth-order valence-corrected chi connectivity index (χ4v) is 1.88. The third-order valence-corrected chi connectivity index (χ3v) is 2.77. The van der Waals surface area contributed by atoms with Crippen LogP contribution in [0.4, 0.5) is 5.69 Å². The minimum absolute atomic E-state index is 0.262. The molecule has 110 valence electrons. The van der Waals surface area contributed by atoms with Crippen molar-refractivity contribution in [1.29, 1.82) is 0 Å². The number of nitrogens with one attached hydrogen (secondary N) is 1. The van der Waals surface area contributed by atoms with Crippen LogP contribution in [-0.4, -0.2) is 33.9 Å². The molecule has 1 aromatic carbocycles. The summed E-state index contributed by atoms with van der Waals surface area (Å²) < 4.78 is 6.43. The van der Waals surface area contributed by atoms with Crippen molar-refractivity contribution in [2.45, 2.75) is 12.6 Å². The van der Waals surface area contributed by atoms with Crippen LogP contribution in [-0.2, 0) is 20.9 Å². The van der Waals surface area contributed by atoms with Crippen LogP contribution in [0.5, 0.6) is 0 Å². The molecule has 1 amide bonds. The van der Waals surface area contributed by atoms with E-state index in [-0.39, 0.29) is 12.5 Å². The number of aliphatic carboxylic acids is 1.